The highest BCUT2D eigenvalue weighted by molar-refractivity contribution is 6.74. The lowest BCUT2D eigenvalue weighted by Gasteiger charge is -2.39. The Labute approximate surface area is 94.5 Å². The van der Waals surface area contributed by atoms with Crippen LogP contribution < -0.4 is 0 Å². The fraction of sp³-hybridized carbons (Fsp3) is 1.00. The van der Waals surface area contributed by atoms with E-state index in [9.17, 15) is 0 Å². The Kier molecular flexibility index (Phi) is 2.77. The molecule has 0 aromatic heterocycles. The fourth-order valence-electron chi connectivity index (χ4n) is 2.08. The molecular formula is C12H24O2Si. The van der Waals surface area contributed by atoms with E-state index in [0.717, 1.165) is 0 Å². The molecule has 2 fully saturated rings. The maximum absolute atomic E-state index is 6.41. The number of rotatable bonds is 2. The second-order valence-corrected chi connectivity index (χ2v) is 11.2. The molecular weight excluding hydrogens is 204 g/mol. The zero-order chi connectivity index (χ0) is 11.3. The smallest absolute Gasteiger partial charge is 0.192 e. The van der Waals surface area contributed by atoms with Gasteiger partial charge < -0.3 is 9.16 Å². The van der Waals surface area contributed by atoms with Gasteiger partial charge in [0.25, 0.3) is 0 Å². The van der Waals surface area contributed by atoms with Crippen molar-refractivity contribution in [1.29, 1.82) is 0 Å². The summed E-state index contributed by atoms with van der Waals surface area (Å²) in [5.41, 5.74) is 0. The molecule has 0 N–H and O–H groups in total. The van der Waals surface area contributed by atoms with Gasteiger partial charge in [-0.2, -0.15) is 0 Å². The van der Waals surface area contributed by atoms with Gasteiger partial charge in [-0.25, -0.2) is 0 Å². The SMILES string of the molecule is CC(C)(C)[Si](C)(C)O[C@@H]1CCC[C@@H]2O[C@H]21. The predicted octanol–water partition coefficient (Wildman–Crippen LogP) is 3.33. The number of hydrogen-bond donors (Lipinski definition) is 0. The van der Waals surface area contributed by atoms with Gasteiger partial charge in [-0.05, 0) is 37.4 Å². The minimum absolute atomic E-state index is 0.314. The Bertz CT molecular complexity index is 244. The van der Waals surface area contributed by atoms with Gasteiger partial charge in [0, 0.05) is 0 Å². The Hall–Kier alpha value is 0.137. The van der Waals surface area contributed by atoms with Crippen molar-refractivity contribution in [2.24, 2.45) is 0 Å². The van der Waals surface area contributed by atoms with Crippen LogP contribution in [0.2, 0.25) is 18.1 Å². The van der Waals surface area contributed by atoms with Crippen LogP contribution in [0.3, 0.4) is 0 Å². The van der Waals surface area contributed by atoms with Crippen LogP contribution in [0.1, 0.15) is 40.0 Å². The van der Waals surface area contributed by atoms with Crippen molar-refractivity contribution in [3.63, 3.8) is 0 Å². The van der Waals surface area contributed by atoms with Gasteiger partial charge in [0.05, 0.1) is 12.2 Å². The topological polar surface area (TPSA) is 21.8 Å². The molecule has 0 aromatic rings. The van der Waals surface area contributed by atoms with Crippen LogP contribution in [0.15, 0.2) is 0 Å². The van der Waals surface area contributed by atoms with Crippen LogP contribution in [-0.2, 0) is 9.16 Å². The predicted molar refractivity (Wildman–Crippen MR) is 64.6 cm³/mol. The lowest BCUT2D eigenvalue weighted by Crippen LogP contribution is -2.46. The second-order valence-electron chi connectivity index (χ2n) is 6.49. The summed E-state index contributed by atoms with van der Waals surface area (Å²) in [6, 6.07) is 0. The van der Waals surface area contributed by atoms with Crippen LogP contribution in [-0.4, -0.2) is 26.6 Å². The van der Waals surface area contributed by atoms with Crippen LogP contribution in [0.25, 0.3) is 0 Å². The molecule has 1 saturated carbocycles. The molecule has 1 aliphatic heterocycles. The van der Waals surface area contributed by atoms with Crippen LogP contribution in [0, 0.1) is 0 Å². The van der Waals surface area contributed by atoms with E-state index in [0.29, 0.717) is 23.4 Å². The minimum atomic E-state index is -1.59. The molecule has 0 spiro atoms. The highest BCUT2D eigenvalue weighted by atomic mass is 28.4. The molecule has 2 rings (SSSR count). The van der Waals surface area contributed by atoms with E-state index < -0.39 is 8.32 Å². The Balaban J connectivity index is 1.96. The van der Waals surface area contributed by atoms with Crippen LogP contribution >= 0.6 is 0 Å². The van der Waals surface area contributed by atoms with Gasteiger partial charge in [-0.1, -0.05) is 20.8 Å². The van der Waals surface area contributed by atoms with Crippen molar-refractivity contribution in [2.75, 3.05) is 0 Å². The van der Waals surface area contributed by atoms with E-state index in [1.54, 1.807) is 0 Å². The van der Waals surface area contributed by atoms with E-state index in [-0.39, 0.29) is 0 Å². The van der Waals surface area contributed by atoms with Gasteiger partial charge in [0.1, 0.15) is 6.10 Å². The molecule has 2 aliphatic rings. The summed E-state index contributed by atoms with van der Waals surface area (Å²) < 4.78 is 12.1. The first-order chi connectivity index (χ1) is 6.81. The molecule has 0 aromatic carbocycles. The lowest BCUT2D eigenvalue weighted by atomic mass is 9.98. The molecule has 0 unspecified atom stereocenters. The highest BCUT2D eigenvalue weighted by Crippen LogP contribution is 2.43. The first-order valence-corrected chi connectivity index (χ1v) is 9.05. The molecule has 1 heterocycles. The Morgan fingerprint density at radius 1 is 1.20 bits per heavy atom. The summed E-state index contributed by atoms with van der Waals surface area (Å²) in [6.45, 7) is 11.6. The van der Waals surface area contributed by atoms with E-state index in [4.69, 9.17) is 9.16 Å². The minimum Gasteiger partial charge on any atom is -0.411 e. The van der Waals surface area contributed by atoms with Gasteiger partial charge in [0.2, 0.25) is 0 Å². The van der Waals surface area contributed by atoms with Crippen molar-refractivity contribution < 1.29 is 9.16 Å². The van der Waals surface area contributed by atoms with Crippen molar-refractivity contribution in [3.05, 3.63) is 0 Å². The standard InChI is InChI=1S/C12H24O2Si/c1-12(2,3)15(4,5)14-10-8-6-7-9-11(10)13-9/h9-11H,6-8H2,1-5H3/t9-,10+,11+/m0/s1. The van der Waals surface area contributed by atoms with E-state index >= 15 is 0 Å². The van der Waals surface area contributed by atoms with Crippen LogP contribution in [0.4, 0.5) is 0 Å². The monoisotopic (exact) mass is 228 g/mol. The average molecular weight is 228 g/mol. The molecule has 2 nitrogen and oxygen atoms in total. The highest BCUT2D eigenvalue weighted by Gasteiger charge is 2.51. The number of fused-ring (bicyclic) bond motifs is 1. The summed E-state index contributed by atoms with van der Waals surface area (Å²) in [5.74, 6) is 0. The molecule has 88 valence electrons. The molecule has 3 heteroatoms. The quantitative estimate of drug-likeness (QED) is 0.534. The average Bonchev–Trinajstić information content (AvgIpc) is 2.80. The van der Waals surface area contributed by atoms with Gasteiger partial charge in [-0.3, -0.25) is 0 Å². The van der Waals surface area contributed by atoms with E-state index in [1.165, 1.54) is 19.3 Å². The summed E-state index contributed by atoms with van der Waals surface area (Å²) >= 11 is 0. The number of hydrogen-bond acceptors (Lipinski definition) is 2. The third-order valence-corrected chi connectivity index (χ3v) is 8.72. The first kappa shape index (κ1) is 11.6. The summed E-state index contributed by atoms with van der Waals surface area (Å²) in [5, 5.41) is 0.314. The van der Waals surface area contributed by atoms with Crippen molar-refractivity contribution in [1.82, 2.24) is 0 Å². The zero-order valence-electron chi connectivity index (χ0n) is 10.7. The lowest BCUT2D eigenvalue weighted by molar-refractivity contribution is 0.132. The van der Waals surface area contributed by atoms with Crippen LogP contribution in [0.5, 0.6) is 0 Å². The summed E-state index contributed by atoms with van der Waals surface area (Å²) in [4.78, 5) is 0. The molecule has 3 atom stereocenters. The third-order valence-electron chi connectivity index (χ3n) is 4.22. The normalized spacial score (nSPS) is 36.2. The molecule has 1 saturated heterocycles. The maximum atomic E-state index is 6.41. The second kappa shape index (κ2) is 3.57. The molecule has 0 bridgehead atoms. The Morgan fingerprint density at radius 2 is 1.87 bits per heavy atom. The van der Waals surface area contributed by atoms with Crippen molar-refractivity contribution in [3.8, 4) is 0 Å². The molecule has 0 radical (unpaired) electrons. The maximum Gasteiger partial charge on any atom is 0.192 e. The molecule has 1 aliphatic carbocycles. The first-order valence-electron chi connectivity index (χ1n) is 6.14. The number of epoxide rings is 1. The molecule has 0 amide bonds. The van der Waals surface area contributed by atoms with Gasteiger partial charge in [-0.15, -0.1) is 0 Å². The summed E-state index contributed by atoms with van der Waals surface area (Å²) in [7, 11) is -1.59. The van der Waals surface area contributed by atoms with Gasteiger partial charge >= 0.3 is 0 Å². The summed E-state index contributed by atoms with van der Waals surface area (Å²) in [6.07, 6.45) is 5.10. The van der Waals surface area contributed by atoms with Crippen molar-refractivity contribution in [2.45, 2.75) is 76.5 Å². The van der Waals surface area contributed by atoms with Gasteiger partial charge in [0.15, 0.2) is 8.32 Å². The molecule has 15 heavy (non-hydrogen) atoms. The van der Waals surface area contributed by atoms with E-state index in [1.807, 2.05) is 0 Å². The third kappa shape index (κ3) is 2.29. The van der Waals surface area contributed by atoms with Crippen molar-refractivity contribution >= 4 is 8.32 Å². The Morgan fingerprint density at radius 3 is 2.47 bits per heavy atom. The zero-order valence-corrected chi connectivity index (χ0v) is 11.7. The largest absolute Gasteiger partial charge is 0.411 e. The van der Waals surface area contributed by atoms with E-state index in [2.05, 4.69) is 33.9 Å². The fourth-order valence-corrected chi connectivity index (χ4v) is 3.44. The number of ether oxygens (including phenoxy) is 1.